The van der Waals surface area contributed by atoms with Crippen LogP contribution in [-0.4, -0.2) is 15.2 Å². The molecule has 0 bridgehead atoms. The van der Waals surface area contributed by atoms with Crippen molar-refractivity contribution in [1.82, 2.24) is 10.1 Å². The molecule has 1 aromatic carbocycles. The van der Waals surface area contributed by atoms with Gasteiger partial charge < -0.3 is 9.63 Å². The number of rotatable bonds is 3. The lowest BCUT2D eigenvalue weighted by Crippen LogP contribution is -2.01. The van der Waals surface area contributed by atoms with Crippen molar-refractivity contribution >= 4 is 0 Å². The highest BCUT2D eigenvalue weighted by molar-refractivity contribution is 5.21. The summed E-state index contributed by atoms with van der Waals surface area (Å²) in [6.07, 6.45) is 2.61. The van der Waals surface area contributed by atoms with Crippen LogP contribution >= 0.6 is 0 Å². The zero-order chi connectivity index (χ0) is 13.2. The molecule has 19 heavy (non-hydrogen) atoms. The predicted molar refractivity (Wildman–Crippen MR) is 70.6 cm³/mol. The summed E-state index contributed by atoms with van der Waals surface area (Å²) in [4.78, 5) is 4.38. The quantitative estimate of drug-likeness (QED) is 0.919. The van der Waals surface area contributed by atoms with E-state index in [1.54, 1.807) is 0 Å². The summed E-state index contributed by atoms with van der Waals surface area (Å²) < 4.78 is 5.22. The summed E-state index contributed by atoms with van der Waals surface area (Å²) in [5.74, 6) is 2.15. The van der Waals surface area contributed by atoms with Gasteiger partial charge in [0, 0.05) is 5.92 Å². The van der Waals surface area contributed by atoms with Gasteiger partial charge in [-0.05, 0) is 30.7 Å². The number of aliphatic hydroxyl groups is 1. The number of aliphatic hydroxyl groups excluding tert-OH is 1. The molecule has 3 atom stereocenters. The fourth-order valence-electron chi connectivity index (χ4n) is 2.74. The van der Waals surface area contributed by atoms with Gasteiger partial charge >= 0.3 is 0 Å². The van der Waals surface area contributed by atoms with Crippen molar-refractivity contribution in [2.24, 2.45) is 5.92 Å². The van der Waals surface area contributed by atoms with Gasteiger partial charge in [-0.15, -0.1) is 0 Å². The molecule has 0 radical (unpaired) electrons. The van der Waals surface area contributed by atoms with E-state index in [1.807, 2.05) is 30.3 Å². The Kier molecular flexibility index (Phi) is 3.34. The Morgan fingerprint density at radius 1 is 1.26 bits per heavy atom. The maximum atomic E-state index is 10.2. The van der Waals surface area contributed by atoms with Crippen LogP contribution in [0.1, 0.15) is 55.5 Å². The standard InChI is InChI=1S/C15H18N2O2/c1-10-7-8-12(9-10)14-16-15(19-17-14)13(18)11-5-3-2-4-6-11/h2-6,10,12-13,18H,7-9H2,1H3. The van der Waals surface area contributed by atoms with Crippen LogP contribution in [0.4, 0.5) is 0 Å². The van der Waals surface area contributed by atoms with Gasteiger partial charge in [-0.2, -0.15) is 4.98 Å². The lowest BCUT2D eigenvalue weighted by atomic mass is 10.1. The lowest BCUT2D eigenvalue weighted by molar-refractivity contribution is 0.170. The molecule has 4 heteroatoms. The van der Waals surface area contributed by atoms with Crippen molar-refractivity contribution in [2.45, 2.75) is 38.2 Å². The van der Waals surface area contributed by atoms with E-state index in [2.05, 4.69) is 17.1 Å². The van der Waals surface area contributed by atoms with E-state index < -0.39 is 6.10 Å². The smallest absolute Gasteiger partial charge is 0.260 e. The molecule has 1 aliphatic rings. The molecule has 3 unspecified atom stereocenters. The van der Waals surface area contributed by atoms with E-state index in [1.165, 1.54) is 6.42 Å². The van der Waals surface area contributed by atoms with Crippen molar-refractivity contribution in [3.8, 4) is 0 Å². The first-order chi connectivity index (χ1) is 9.24. The molecular weight excluding hydrogens is 240 g/mol. The SMILES string of the molecule is CC1CCC(c2noc(C(O)c3ccccc3)n2)C1. The third kappa shape index (κ3) is 2.54. The predicted octanol–water partition coefficient (Wildman–Crippen LogP) is 3.05. The zero-order valence-electron chi connectivity index (χ0n) is 11.0. The van der Waals surface area contributed by atoms with Gasteiger partial charge in [-0.3, -0.25) is 0 Å². The Hall–Kier alpha value is -1.68. The second-order valence-electron chi connectivity index (χ2n) is 5.42. The van der Waals surface area contributed by atoms with Gasteiger partial charge in [0.25, 0.3) is 5.89 Å². The molecule has 3 rings (SSSR count). The van der Waals surface area contributed by atoms with E-state index in [9.17, 15) is 5.11 Å². The Labute approximate surface area is 112 Å². The van der Waals surface area contributed by atoms with Crippen molar-refractivity contribution in [3.05, 3.63) is 47.6 Å². The molecule has 2 aromatic rings. The maximum Gasteiger partial charge on any atom is 0.260 e. The molecule has 1 fully saturated rings. The number of aromatic nitrogens is 2. The lowest BCUT2D eigenvalue weighted by Gasteiger charge is -2.05. The molecule has 1 aromatic heterocycles. The first-order valence-corrected chi connectivity index (χ1v) is 6.80. The second kappa shape index (κ2) is 5.13. The second-order valence-corrected chi connectivity index (χ2v) is 5.42. The van der Waals surface area contributed by atoms with Gasteiger partial charge in [0.1, 0.15) is 0 Å². The van der Waals surface area contributed by atoms with Crippen molar-refractivity contribution < 1.29 is 9.63 Å². The van der Waals surface area contributed by atoms with E-state index in [0.29, 0.717) is 11.8 Å². The van der Waals surface area contributed by atoms with Crippen LogP contribution in [0, 0.1) is 5.92 Å². The molecule has 1 N–H and O–H groups in total. The van der Waals surface area contributed by atoms with Crippen LogP contribution in [0.25, 0.3) is 0 Å². The number of hydrogen-bond donors (Lipinski definition) is 1. The number of hydrogen-bond acceptors (Lipinski definition) is 4. The fraction of sp³-hybridized carbons (Fsp3) is 0.467. The van der Waals surface area contributed by atoms with Crippen LogP contribution < -0.4 is 0 Å². The molecule has 0 saturated heterocycles. The number of nitrogens with zero attached hydrogens (tertiary/aromatic N) is 2. The molecule has 1 saturated carbocycles. The highest BCUT2D eigenvalue weighted by Gasteiger charge is 2.28. The maximum absolute atomic E-state index is 10.2. The monoisotopic (exact) mass is 258 g/mol. The molecule has 100 valence electrons. The van der Waals surface area contributed by atoms with Crippen LogP contribution in [-0.2, 0) is 0 Å². The third-order valence-corrected chi connectivity index (χ3v) is 3.87. The van der Waals surface area contributed by atoms with E-state index in [4.69, 9.17) is 4.52 Å². The van der Waals surface area contributed by atoms with E-state index >= 15 is 0 Å². The topological polar surface area (TPSA) is 59.2 Å². The molecule has 0 aliphatic heterocycles. The molecule has 1 heterocycles. The van der Waals surface area contributed by atoms with Crippen molar-refractivity contribution in [1.29, 1.82) is 0 Å². The van der Waals surface area contributed by atoms with Crippen LogP contribution in [0.15, 0.2) is 34.9 Å². The van der Waals surface area contributed by atoms with Gasteiger partial charge in [0.2, 0.25) is 0 Å². The normalized spacial score (nSPS) is 24.5. The highest BCUT2D eigenvalue weighted by Crippen LogP contribution is 2.37. The fourth-order valence-corrected chi connectivity index (χ4v) is 2.74. The van der Waals surface area contributed by atoms with Crippen molar-refractivity contribution in [3.63, 3.8) is 0 Å². The summed E-state index contributed by atoms with van der Waals surface area (Å²) in [6, 6.07) is 9.39. The Balaban J connectivity index is 1.78. The van der Waals surface area contributed by atoms with E-state index in [0.717, 1.165) is 30.1 Å². The first-order valence-electron chi connectivity index (χ1n) is 6.80. The minimum Gasteiger partial charge on any atom is -0.378 e. The van der Waals surface area contributed by atoms with E-state index in [-0.39, 0.29) is 0 Å². The molecular formula is C15H18N2O2. The summed E-state index contributed by atoms with van der Waals surface area (Å²) >= 11 is 0. The van der Waals surface area contributed by atoms with Crippen LogP contribution in [0.3, 0.4) is 0 Å². The van der Waals surface area contributed by atoms with Gasteiger partial charge in [-0.25, -0.2) is 0 Å². The molecule has 1 aliphatic carbocycles. The highest BCUT2D eigenvalue weighted by atomic mass is 16.5. The minimum atomic E-state index is -0.832. The summed E-state index contributed by atoms with van der Waals surface area (Å²) in [5.41, 5.74) is 0.775. The average molecular weight is 258 g/mol. The Morgan fingerprint density at radius 3 is 2.74 bits per heavy atom. The molecule has 4 nitrogen and oxygen atoms in total. The average Bonchev–Trinajstić information content (AvgIpc) is 3.07. The summed E-state index contributed by atoms with van der Waals surface area (Å²) in [6.45, 7) is 2.25. The summed E-state index contributed by atoms with van der Waals surface area (Å²) in [5, 5.41) is 14.2. The molecule has 0 spiro atoms. The largest absolute Gasteiger partial charge is 0.378 e. The minimum absolute atomic E-state index is 0.292. The third-order valence-electron chi connectivity index (χ3n) is 3.87. The van der Waals surface area contributed by atoms with Crippen molar-refractivity contribution in [2.75, 3.05) is 0 Å². The van der Waals surface area contributed by atoms with Gasteiger partial charge in [-0.1, -0.05) is 42.4 Å². The zero-order valence-corrected chi connectivity index (χ0v) is 11.0. The van der Waals surface area contributed by atoms with Gasteiger partial charge in [0.05, 0.1) is 0 Å². The first kappa shape index (κ1) is 12.4. The number of benzene rings is 1. The summed E-state index contributed by atoms with van der Waals surface area (Å²) in [7, 11) is 0. The Morgan fingerprint density at radius 2 is 2.05 bits per heavy atom. The van der Waals surface area contributed by atoms with Gasteiger partial charge in [0.15, 0.2) is 11.9 Å². The van der Waals surface area contributed by atoms with Crippen LogP contribution in [0.2, 0.25) is 0 Å². The van der Waals surface area contributed by atoms with Crippen LogP contribution in [0.5, 0.6) is 0 Å². The Bertz CT molecular complexity index is 538. The molecule has 0 amide bonds.